The quantitative estimate of drug-likeness (QED) is 0.842. The van der Waals surface area contributed by atoms with E-state index in [1.807, 2.05) is 0 Å². The van der Waals surface area contributed by atoms with Gasteiger partial charge >= 0.3 is 6.16 Å². The lowest BCUT2D eigenvalue weighted by molar-refractivity contribution is -0.114. The number of pyridine rings is 1. The van der Waals surface area contributed by atoms with Gasteiger partial charge in [0.05, 0.1) is 6.61 Å². The molecular weight excluding hydrogens is 260 g/mol. The number of carbonyl (C=O) groups excluding carboxylic acids is 2. The third-order valence-corrected chi connectivity index (χ3v) is 3.03. The monoisotopic (exact) mass is 278 g/mol. The molecule has 6 heteroatoms. The second kappa shape index (κ2) is 6.88. The number of rotatable bonds is 2. The van der Waals surface area contributed by atoms with E-state index in [1.54, 1.807) is 18.3 Å². The predicted octanol–water partition coefficient (Wildman–Crippen LogP) is 2.81. The van der Waals surface area contributed by atoms with Gasteiger partial charge in [-0.1, -0.05) is 6.07 Å². The maximum absolute atomic E-state index is 11.5. The van der Waals surface area contributed by atoms with Gasteiger partial charge in [-0.25, -0.2) is 9.78 Å². The van der Waals surface area contributed by atoms with E-state index in [2.05, 4.69) is 10.3 Å². The third kappa shape index (κ3) is 4.22. The Morgan fingerprint density at radius 3 is 2.90 bits per heavy atom. The molecule has 0 radical (unpaired) electrons. The summed E-state index contributed by atoms with van der Waals surface area (Å²) < 4.78 is 10.2. The molecule has 1 atom stereocenters. The highest BCUT2D eigenvalue weighted by Gasteiger charge is 2.19. The van der Waals surface area contributed by atoms with E-state index >= 15 is 0 Å². The molecule has 6 nitrogen and oxygen atoms in total. The molecule has 1 aliphatic heterocycles. The summed E-state index contributed by atoms with van der Waals surface area (Å²) in [6.45, 7) is 1.83. The lowest BCUT2D eigenvalue weighted by atomic mass is 10.0. The summed E-state index contributed by atoms with van der Waals surface area (Å²) in [5, 5.41) is 2.59. The Hall–Kier alpha value is -2.11. The average Bonchev–Trinajstić information content (AvgIpc) is 2.51. The average molecular weight is 278 g/mol. The molecule has 1 fully saturated rings. The lowest BCUT2D eigenvalue weighted by Gasteiger charge is -2.16. The van der Waals surface area contributed by atoms with Gasteiger partial charge in [0.25, 0.3) is 0 Å². The van der Waals surface area contributed by atoms with E-state index in [0.717, 1.165) is 31.2 Å². The standard InChI is InChI=1S/C14H18N2O4/c1-10(17)16-13-7-6-11(9-15-13)12-5-3-2-4-8-19-14(18)20-12/h6-7,9,12H,2-5,8H2,1H3,(H,15,16,17). The number of ether oxygens (including phenoxy) is 2. The van der Waals surface area contributed by atoms with E-state index in [9.17, 15) is 9.59 Å². The predicted molar refractivity (Wildman–Crippen MR) is 72.2 cm³/mol. The van der Waals surface area contributed by atoms with Gasteiger partial charge in [0, 0.05) is 18.7 Å². The molecule has 0 saturated carbocycles. The molecule has 0 spiro atoms. The van der Waals surface area contributed by atoms with Gasteiger partial charge < -0.3 is 14.8 Å². The zero-order valence-electron chi connectivity index (χ0n) is 11.4. The smallest absolute Gasteiger partial charge is 0.434 e. The molecule has 1 N–H and O–H groups in total. The van der Waals surface area contributed by atoms with E-state index in [1.165, 1.54) is 6.92 Å². The zero-order valence-corrected chi connectivity index (χ0v) is 11.4. The first kappa shape index (κ1) is 14.3. The number of hydrogen-bond donors (Lipinski definition) is 1. The fraction of sp³-hybridized carbons (Fsp3) is 0.500. The Bertz CT molecular complexity index is 473. The molecule has 1 aromatic heterocycles. The third-order valence-electron chi connectivity index (χ3n) is 3.03. The minimum absolute atomic E-state index is 0.174. The van der Waals surface area contributed by atoms with Gasteiger partial charge in [-0.15, -0.1) is 0 Å². The van der Waals surface area contributed by atoms with Crippen LogP contribution in [0.5, 0.6) is 0 Å². The van der Waals surface area contributed by atoms with Gasteiger partial charge in [0.15, 0.2) is 0 Å². The summed E-state index contributed by atoms with van der Waals surface area (Å²) >= 11 is 0. The van der Waals surface area contributed by atoms with E-state index in [-0.39, 0.29) is 12.0 Å². The second-order valence-corrected chi connectivity index (χ2v) is 4.71. The van der Waals surface area contributed by atoms with Crippen LogP contribution < -0.4 is 5.32 Å². The minimum Gasteiger partial charge on any atom is -0.434 e. The van der Waals surface area contributed by atoms with Crippen molar-refractivity contribution < 1.29 is 19.1 Å². The molecule has 0 aromatic carbocycles. The Kier molecular flexibility index (Phi) is 4.92. The summed E-state index contributed by atoms with van der Waals surface area (Å²) in [6.07, 6.45) is 4.21. The van der Waals surface area contributed by atoms with Gasteiger partial charge in [-0.05, 0) is 31.7 Å². The van der Waals surface area contributed by atoms with Crippen LogP contribution in [0.1, 0.15) is 44.3 Å². The van der Waals surface area contributed by atoms with Gasteiger partial charge in [0.1, 0.15) is 11.9 Å². The summed E-state index contributed by atoms with van der Waals surface area (Å²) in [6, 6.07) is 3.49. The minimum atomic E-state index is -0.636. The van der Waals surface area contributed by atoms with Crippen molar-refractivity contribution in [1.29, 1.82) is 0 Å². The van der Waals surface area contributed by atoms with Crippen molar-refractivity contribution in [2.24, 2.45) is 0 Å². The second-order valence-electron chi connectivity index (χ2n) is 4.71. The highest BCUT2D eigenvalue weighted by atomic mass is 16.7. The number of anilines is 1. The molecule has 0 aliphatic carbocycles. The largest absolute Gasteiger partial charge is 0.508 e. The first-order valence-corrected chi connectivity index (χ1v) is 6.72. The van der Waals surface area contributed by atoms with E-state index in [0.29, 0.717) is 12.4 Å². The van der Waals surface area contributed by atoms with Crippen molar-refractivity contribution in [2.45, 2.75) is 38.7 Å². The molecule has 1 unspecified atom stereocenters. The van der Waals surface area contributed by atoms with Crippen LogP contribution in [0.25, 0.3) is 0 Å². The first-order chi connectivity index (χ1) is 9.65. The normalized spacial score (nSPS) is 19.9. The molecular formula is C14H18N2O4. The maximum atomic E-state index is 11.5. The van der Waals surface area contributed by atoms with Crippen molar-refractivity contribution >= 4 is 17.9 Å². The van der Waals surface area contributed by atoms with E-state index in [4.69, 9.17) is 9.47 Å². The summed E-state index contributed by atoms with van der Waals surface area (Å²) in [7, 11) is 0. The summed E-state index contributed by atoms with van der Waals surface area (Å²) in [4.78, 5) is 26.5. The van der Waals surface area contributed by atoms with Crippen LogP contribution in [0, 0.1) is 0 Å². The molecule has 0 bridgehead atoms. The van der Waals surface area contributed by atoms with Gasteiger partial charge in [-0.3, -0.25) is 4.79 Å². The van der Waals surface area contributed by atoms with Crippen LogP contribution in [0.4, 0.5) is 10.6 Å². The zero-order chi connectivity index (χ0) is 14.4. The summed E-state index contributed by atoms with van der Waals surface area (Å²) in [5.74, 6) is 0.305. The van der Waals surface area contributed by atoms with Crippen LogP contribution in [-0.2, 0) is 14.3 Å². The molecule has 1 amide bonds. The van der Waals surface area contributed by atoms with Crippen molar-refractivity contribution in [3.8, 4) is 0 Å². The molecule has 108 valence electrons. The molecule has 2 heterocycles. The molecule has 1 aromatic rings. The number of nitrogens with one attached hydrogen (secondary N) is 1. The van der Waals surface area contributed by atoms with Crippen molar-refractivity contribution in [1.82, 2.24) is 4.98 Å². The van der Waals surface area contributed by atoms with Crippen LogP contribution in [0.3, 0.4) is 0 Å². The van der Waals surface area contributed by atoms with E-state index < -0.39 is 6.16 Å². The number of nitrogens with zero attached hydrogens (tertiary/aromatic N) is 1. The Balaban J connectivity index is 2.07. The number of cyclic esters (lactones) is 2. The fourth-order valence-electron chi connectivity index (χ4n) is 2.06. The topological polar surface area (TPSA) is 77.5 Å². The fourth-order valence-corrected chi connectivity index (χ4v) is 2.06. The molecule has 1 aliphatic rings. The van der Waals surface area contributed by atoms with Crippen molar-refractivity contribution in [3.05, 3.63) is 23.9 Å². The Morgan fingerprint density at radius 2 is 2.20 bits per heavy atom. The highest BCUT2D eigenvalue weighted by Crippen LogP contribution is 2.26. The SMILES string of the molecule is CC(=O)Nc1ccc(C2CCCCCOC(=O)O2)cn1. The van der Waals surface area contributed by atoms with Crippen molar-refractivity contribution in [2.75, 3.05) is 11.9 Å². The highest BCUT2D eigenvalue weighted by molar-refractivity contribution is 5.87. The van der Waals surface area contributed by atoms with Gasteiger partial charge in [0.2, 0.25) is 5.91 Å². The number of amides is 1. The number of aromatic nitrogens is 1. The lowest BCUT2D eigenvalue weighted by Crippen LogP contribution is -2.13. The molecule has 2 rings (SSSR count). The van der Waals surface area contributed by atoms with Crippen LogP contribution in [0.2, 0.25) is 0 Å². The number of carbonyl (C=O) groups is 2. The van der Waals surface area contributed by atoms with Crippen LogP contribution >= 0.6 is 0 Å². The molecule has 20 heavy (non-hydrogen) atoms. The van der Waals surface area contributed by atoms with Crippen LogP contribution in [-0.4, -0.2) is 23.7 Å². The summed E-state index contributed by atoms with van der Waals surface area (Å²) in [5.41, 5.74) is 0.804. The Morgan fingerprint density at radius 1 is 1.35 bits per heavy atom. The van der Waals surface area contributed by atoms with Crippen LogP contribution in [0.15, 0.2) is 18.3 Å². The maximum Gasteiger partial charge on any atom is 0.508 e. The van der Waals surface area contributed by atoms with Crippen molar-refractivity contribution in [3.63, 3.8) is 0 Å². The Labute approximate surface area is 117 Å². The molecule has 1 saturated heterocycles. The number of hydrogen-bond acceptors (Lipinski definition) is 5. The van der Waals surface area contributed by atoms with Gasteiger partial charge in [-0.2, -0.15) is 0 Å². The first-order valence-electron chi connectivity index (χ1n) is 6.72.